The van der Waals surface area contributed by atoms with Gasteiger partial charge in [-0.2, -0.15) is 4.98 Å². The maximum absolute atomic E-state index is 13.6. The molecule has 114 valence electrons. The average molecular weight is 318 g/mol. The van der Waals surface area contributed by atoms with Crippen molar-refractivity contribution >= 4 is 10.0 Å². The molecule has 2 aromatic rings. The highest BCUT2D eigenvalue weighted by atomic mass is 32.2. The van der Waals surface area contributed by atoms with E-state index in [-0.39, 0.29) is 31.0 Å². The molecule has 0 fully saturated rings. The summed E-state index contributed by atoms with van der Waals surface area (Å²) in [5, 5.41) is 3.36. The molecule has 0 aliphatic rings. The Morgan fingerprint density at radius 1 is 1.33 bits per heavy atom. The van der Waals surface area contributed by atoms with E-state index < -0.39 is 26.6 Å². The third-order valence-electron chi connectivity index (χ3n) is 2.62. The molecule has 0 atom stereocenters. The molecule has 0 aliphatic carbocycles. The van der Waals surface area contributed by atoms with Gasteiger partial charge in [-0.3, -0.25) is 0 Å². The zero-order valence-corrected chi connectivity index (χ0v) is 11.5. The Balaban J connectivity index is 2.17. The summed E-state index contributed by atoms with van der Waals surface area (Å²) in [7, 11) is -4.21. The van der Waals surface area contributed by atoms with Crippen molar-refractivity contribution < 1.29 is 21.7 Å². The quantitative estimate of drug-likeness (QED) is 0.794. The molecule has 21 heavy (non-hydrogen) atoms. The van der Waals surface area contributed by atoms with Crippen molar-refractivity contribution in [3.05, 3.63) is 41.5 Å². The van der Waals surface area contributed by atoms with E-state index in [1.165, 1.54) is 6.33 Å². The van der Waals surface area contributed by atoms with Crippen molar-refractivity contribution in [2.45, 2.75) is 17.9 Å². The van der Waals surface area contributed by atoms with Gasteiger partial charge in [-0.25, -0.2) is 21.9 Å². The van der Waals surface area contributed by atoms with Crippen LogP contribution >= 0.6 is 0 Å². The van der Waals surface area contributed by atoms with Crippen LogP contribution in [0.3, 0.4) is 0 Å². The van der Waals surface area contributed by atoms with Gasteiger partial charge in [0.25, 0.3) is 0 Å². The molecule has 0 saturated carbocycles. The maximum Gasteiger partial charge on any atom is 0.243 e. The van der Waals surface area contributed by atoms with Gasteiger partial charge >= 0.3 is 0 Å². The minimum Gasteiger partial charge on any atom is -0.340 e. The van der Waals surface area contributed by atoms with E-state index in [4.69, 9.17) is 5.73 Å². The molecule has 0 bridgehead atoms. The largest absolute Gasteiger partial charge is 0.340 e. The molecule has 1 aromatic heterocycles. The topological polar surface area (TPSA) is 111 Å². The van der Waals surface area contributed by atoms with Gasteiger partial charge in [0.15, 0.2) is 18.0 Å². The second-order valence-corrected chi connectivity index (χ2v) is 5.81. The van der Waals surface area contributed by atoms with E-state index in [1.54, 1.807) is 0 Å². The van der Waals surface area contributed by atoms with Crippen LogP contribution in [-0.4, -0.2) is 25.1 Å². The summed E-state index contributed by atoms with van der Waals surface area (Å²) in [6.07, 6.45) is 1.30. The first-order valence-corrected chi connectivity index (χ1v) is 7.35. The van der Waals surface area contributed by atoms with Crippen molar-refractivity contribution in [2.24, 2.45) is 5.73 Å². The van der Waals surface area contributed by atoms with Gasteiger partial charge in [0.1, 0.15) is 4.90 Å². The molecule has 10 heteroatoms. The van der Waals surface area contributed by atoms with Gasteiger partial charge in [0.2, 0.25) is 15.9 Å². The number of aromatic nitrogens is 2. The van der Waals surface area contributed by atoms with E-state index in [2.05, 4.69) is 19.4 Å². The highest BCUT2D eigenvalue weighted by molar-refractivity contribution is 7.89. The number of hydrogen-bond donors (Lipinski definition) is 2. The molecule has 1 aromatic carbocycles. The van der Waals surface area contributed by atoms with Gasteiger partial charge < -0.3 is 10.3 Å². The van der Waals surface area contributed by atoms with Crippen LogP contribution in [0.25, 0.3) is 0 Å². The highest BCUT2D eigenvalue weighted by Crippen LogP contribution is 2.19. The summed E-state index contributed by atoms with van der Waals surface area (Å²) in [6, 6.07) is 1.85. The summed E-state index contributed by atoms with van der Waals surface area (Å²) < 4.78 is 57.8. The van der Waals surface area contributed by atoms with Crippen LogP contribution in [0.15, 0.2) is 27.9 Å². The fraction of sp³-hybridized carbons (Fsp3) is 0.273. The first kappa shape index (κ1) is 15.5. The Bertz CT molecular complexity index is 719. The Hall–Kier alpha value is -1.91. The van der Waals surface area contributed by atoms with Crippen LogP contribution in [0.2, 0.25) is 0 Å². The monoisotopic (exact) mass is 318 g/mol. The third kappa shape index (κ3) is 3.60. The van der Waals surface area contributed by atoms with Crippen molar-refractivity contribution in [1.82, 2.24) is 14.9 Å². The van der Waals surface area contributed by atoms with E-state index in [1.807, 2.05) is 0 Å². The predicted octanol–water partition coefficient (Wildman–Crippen LogP) is 0.327. The molecule has 0 saturated heterocycles. The van der Waals surface area contributed by atoms with Crippen LogP contribution in [0.1, 0.15) is 11.5 Å². The van der Waals surface area contributed by atoms with Crippen LogP contribution in [0.4, 0.5) is 8.78 Å². The highest BCUT2D eigenvalue weighted by Gasteiger charge is 2.22. The van der Waals surface area contributed by atoms with Crippen LogP contribution in [-0.2, 0) is 23.0 Å². The van der Waals surface area contributed by atoms with Crippen molar-refractivity contribution in [3.8, 4) is 0 Å². The fourth-order valence-corrected chi connectivity index (χ4v) is 2.77. The van der Waals surface area contributed by atoms with Gasteiger partial charge in [0.05, 0.1) is 0 Å². The number of rotatable bonds is 6. The van der Waals surface area contributed by atoms with Gasteiger partial charge in [0, 0.05) is 19.5 Å². The van der Waals surface area contributed by atoms with E-state index >= 15 is 0 Å². The summed E-state index contributed by atoms with van der Waals surface area (Å²) in [6.45, 7) is -0.208. The minimum absolute atomic E-state index is 0.0988. The lowest BCUT2D eigenvalue weighted by atomic mass is 10.2. The number of nitrogens with one attached hydrogen (secondary N) is 1. The maximum atomic E-state index is 13.6. The zero-order chi connectivity index (χ0) is 15.5. The molecule has 0 spiro atoms. The predicted molar refractivity (Wildman–Crippen MR) is 67.4 cm³/mol. The fourth-order valence-electron chi connectivity index (χ4n) is 1.61. The Kier molecular flexibility index (Phi) is 4.60. The van der Waals surface area contributed by atoms with Gasteiger partial charge in [-0.1, -0.05) is 5.16 Å². The second-order valence-electron chi connectivity index (χ2n) is 4.08. The molecule has 1 heterocycles. The zero-order valence-electron chi connectivity index (χ0n) is 10.7. The van der Waals surface area contributed by atoms with Crippen molar-refractivity contribution in [1.29, 1.82) is 0 Å². The average Bonchev–Trinajstić information content (AvgIpc) is 2.94. The molecule has 2 rings (SSSR count). The number of nitrogens with two attached hydrogens (primary N) is 1. The third-order valence-corrected chi connectivity index (χ3v) is 4.08. The smallest absolute Gasteiger partial charge is 0.243 e. The molecule has 0 aliphatic heterocycles. The van der Waals surface area contributed by atoms with Crippen LogP contribution in [0.5, 0.6) is 0 Å². The molecule has 0 unspecified atom stereocenters. The standard InChI is InChI=1S/C11H12F2N4O3S/c12-8-3-7(5-14)4-9(11(8)13)21(18,19)17-2-1-10-15-6-16-20-10/h3-4,6,17H,1-2,5,14H2. The number of hydrogen-bond acceptors (Lipinski definition) is 6. The lowest BCUT2D eigenvalue weighted by Crippen LogP contribution is -2.27. The van der Waals surface area contributed by atoms with Gasteiger partial charge in [-0.05, 0) is 17.7 Å². The van der Waals surface area contributed by atoms with E-state index in [0.717, 1.165) is 12.1 Å². The van der Waals surface area contributed by atoms with Crippen molar-refractivity contribution in [2.75, 3.05) is 6.54 Å². The van der Waals surface area contributed by atoms with E-state index in [0.29, 0.717) is 0 Å². The summed E-state index contributed by atoms with van der Waals surface area (Å²) in [5.74, 6) is -2.49. The SMILES string of the molecule is NCc1cc(F)c(F)c(S(=O)(=O)NCCc2ncno2)c1. The minimum atomic E-state index is -4.21. The number of nitrogens with zero attached hydrogens (tertiary/aromatic N) is 2. The van der Waals surface area contributed by atoms with Crippen LogP contribution in [0, 0.1) is 11.6 Å². The summed E-state index contributed by atoms with van der Waals surface area (Å²) >= 11 is 0. The van der Waals surface area contributed by atoms with Gasteiger partial charge in [-0.15, -0.1) is 0 Å². The Labute approximate surface area is 119 Å². The normalized spacial score (nSPS) is 11.8. The molecular weight excluding hydrogens is 306 g/mol. The Morgan fingerprint density at radius 3 is 2.71 bits per heavy atom. The lowest BCUT2D eigenvalue weighted by Gasteiger charge is -2.09. The first-order valence-electron chi connectivity index (χ1n) is 5.87. The van der Waals surface area contributed by atoms with Crippen LogP contribution < -0.4 is 10.5 Å². The summed E-state index contributed by atoms with van der Waals surface area (Å²) in [5.41, 5.74) is 5.49. The molecule has 0 amide bonds. The number of halogens is 2. The first-order chi connectivity index (χ1) is 9.94. The lowest BCUT2D eigenvalue weighted by molar-refractivity contribution is 0.377. The molecule has 0 radical (unpaired) electrons. The summed E-state index contributed by atoms with van der Waals surface area (Å²) in [4.78, 5) is 2.92. The Morgan fingerprint density at radius 2 is 2.10 bits per heavy atom. The van der Waals surface area contributed by atoms with Crippen molar-refractivity contribution in [3.63, 3.8) is 0 Å². The molecule has 7 nitrogen and oxygen atoms in total. The number of sulfonamides is 1. The second kappa shape index (κ2) is 6.24. The molecule has 3 N–H and O–H groups in total. The molecular formula is C11H12F2N4O3S. The van der Waals surface area contributed by atoms with E-state index in [9.17, 15) is 17.2 Å². The number of benzene rings is 1.